The molecule has 0 aliphatic carbocycles. The van der Waals surface area contributed by atoms with Crippen molar-refractivity contribution in [3.63, 3.8) is 0 Å². The van der Waals surface area contributed by atoms with E-state index >= 15 is 0 Å². The van der Waals surface area contributed by atoms with Gasteiger partial charge in [-0.15, -0.1) is 10.2 Å². The average molecular weight is 321 g/mol. The molecule has 0 N–H and O–H groups in total. The Hall–Kier alpha value is -1.69. The fraction of sp³-hybridized carbons (Fsp3) is 0.562. The Morgan fingerprint density at radius 3 is 2.77 bits per heavy atom. The molecule has 0 saturated carbocycles. The SMILES string of the molecule is CC(C)C[C@H](C)N(C)C(=O)CCc1nnc(-c2ccsc2)o1. The maximum Gasteiger partial charge on any atom is 0.248 e. The van der Waals surface area contributed by atoms with Gasteiger partial charge < -0.3 is 9.32 Å². The van der Waals surface area contributed by atoms with Gasteiger partial charge in [-0.1, -0.05) is 13.8 Å². The van der Waals surface area contributed by atoms with Crippen molar-refractivity contribution >= 4 is 17.2 Å². The van der Waals surface area contributed by atoms with Gasteiger partial charge in [-0.2, -0.15) is 11.3 Å². The first-order chi connectivity index (χ1) is 10.5. The molecule has 0 saturated heterocycles. The lowest BCUT2D eigenvalue weighted by atomic mass is 10.0. The van der Waals surface area contributed by atoms with Crippen molar-refractivity contribution in [2.45, 2.75) is 46.1 Å². The highest BCUT2D eigenvalue weighted by Crippen LogP contribution is 2.21. The van der Waals surface area contributed by atoms with Gasteiger partial charge in [0.2, 0.25) is 17.7 Å². The zero-order chi connectivity index (χ0) is 16.1. The molecule has 120 valence electrons. The van der Waals surface area contributed by atoms with Gasteiger partial charge in [-0.05, 0) is 30.7 Å². The first-order valence-corrected chi connectivity index (χ1v) is 8.52. The third-order valence-electron chi connectivity index (χ3n) is 3.65. The van der Waals surface area contributed by atoms with Crippen LogP contribution in [0.4, 0.5) is 0 Å². The Balaban J connectivity index is 1.86. The van der Waals surface area contributed by atoms with Crippen molar-refractivity contribution in [3.05, 3.63) is 22.7 Å². The zero-order valence-corrected chi connectivity index (χ0v) is 14.4. The van der Waals surface area contributed by atoms with Gasteiger partial charge in [0, 0.05) is 36.9 Å². The second kappa shape index (κ2) is 7.54. The van der Waals surface area contributed by atoms with E-state index in [0.29, 0.717) is 30.5 Å². The number of carbonyl (C=O) groups excluding carboxylic acids is 1. The molecule has 2 heterocycles. The molecule has 2 aromatic heterocycles. The summed E-state index contributed by atoms with van der Waals surface area (Å²) < 4.78 is 5.60. The fourth-order valence-corrected chi connectivity index (χ4v) is 2.96. The van der Waals surface area contributed by atoms with Gasteiger partial charge >= 0.3 is 0 Å². The molecule has 1 atom stereocenters. The molecule has 0 unspecified atom stereocenters. The zero-order valence-electron chi connectivity index (χ0n) is 13.6. The third kappa shape index (κ3) is 4.40. The molecule has 2 rings (SSSR count). The maximum absolute atomic E-state index is 12.2. The summed E-state index contributed by atoms with van der Waals surface area (Å²) in [6, 6.07) is 2.19. The number of hydrogen-bond donors (Lipinski definition) is 0. The number of aromatic nitrogens is 2. The third-order valence-corrected chi connectivity index (χ3v) is 4.34. The Kier molecular flexibility index (Phi) is 5.71. The van der Waals surface area contributed by atoms with Gasteiger partial charge in [0.25, 0.3) is 0 Å². The molecule has 0 aliphatic heterocycles. The number of thiophene rings is 1. The molecule has 22 heavy (non-hydrogen) atoms. The van der Waals surface area contributed by atoms with Gasteiger partial charge in [0.05, 0.1) is 0 Å². The standard InChI is InChI=1S/C16H23N3O2S/c1-11(2)9-12(3)19(4)15(20)6-5-14-17-18-16(21-14)13-7-8-22-10-13/h7-8,10-12H,5-6,9H2,1-4H3/t12-/m0/s1. The summed E-state index contributed by atoms with van der Waals surface area (Å²) in [7, 11) is 1.86. The van der Waals surface area contributed by atoms with E-state index in [1.807, 2.05) is 28.8 Å². The smallest absolute Gasteiger partial charge is 0.248 e. The van der Waals surface area contributed by atoms with E-state index in [1.54, 1.807) is 11.3 Å². The van der Waals surface area contributed by atoms with Crippen LogP contribution in [0.2, 0.25) is 0 Å². The molecule has 1 amide bonds. The van der Waals surface area contributed by atoms with Crippen LogP contribution in [0.15, 0.2) is 21.2 Å². The van der Waals surface area contributed by atoms with Crippen LogP contribution in [0.1, 0.15) is 39.5 Å². The summed E-state index contributed by atoms with van der Waals surface area (Å²) >= 11 is 1.59. The summed E-state index contributed by atoms with van der Waals surface area (Å²) in [6.07, 6.45) is 1.88. The van der Waals surface area contributed by atoms with E-state index in [4.69, 9.17) is 4.42 Å². The van der Waals surface area contributed by atoms with Crippen molar-refractivity contribution in [1.29, 1.82) is 0 Å². The van der Waals surface area contributed by atoms with Crippen LogP contribution < -0.4 is 0 Å². The highest BCUT2D eigenvalue weighted by Gasteiger charge is 2.18. The lowest BCUT2D eigenvalue weighted by Crippen LogP contribution is -2.36. The van der Waals surface area contributed by atoms with Crippen LogP contribution in [-0.2, 0) is 11.2 Å². The largest absolute Gasteiger partial charge is 0.421 e. The Bertz CT molecular complexity index is 592. The van der Waals surface area contributed by atoms with Crippen molar-refractivity contribution in [1.82, 2.24) is 15.1 Å². The Labute approximate surface area is 135 Å². The van der Waals surface area contributed by atoms with Gasteiger partial charge in [-0.25, -0.2) is 0 Å². The number of carbonyl (C=O) groups is 1. The minimum atomic E-state index is 0.114. The van der Waals surface area contributed by atoms with E-state index in [0.717, 1.165) is 12.0 Å². The average Bonchev–Trinajstić information content (AvgIpc) is 3.13. The summed E-state index contributed by atoms with van der Waals surface area (Å²) in [5.41, 5.74) is 0.928. The fourth-order valence-electron chi connectivity index (χ4n) is 2.33. The molecular weight excluding hydrogens is 298 g/mol. The number of rotatable bonds is 7. The summed E-state index contributed by atoms with van der Waals surface area (Å²) in [5, 5.41) is 12.0. The van der Waals surface area contributed by atoms with Crippen molar-refractivity contribution < 1.29 is 9.21 Å². The molecule has 2 aromatic rings. The van der Waals surface area contributed by atoms with E-state index in [1.165, 1.54) is 0 Å². The number of hydrogen-bond acceptors (Lipinski definition) is 5. The van der Waals surface area contributed by atoms with Crippen LogP contribution in [0, 0.1) is 5.92 Å². The predicted molar refractivity (Wildman–Crippen MR) is 87.6 cm³/mol. The second-order valence-corrected chi connectivity index (χ2v) is 6.78. The first-order valence-electron chi connectivity index (χ1n) is 7.58. The molecule has 5 nitrogen and oxygen atoms in total. The number of aryl methyl sites for hydroxylation is 1. The summed E-state index contributed by atoms with van der Waals surface area (Å²) in [5.74, 6) is 1.72. The topological polar surface area (TPSA) is 59.2 Å². The Morgan fingerprint density at radius 1 is 1.36 bits per heavy atom. The van der Waals surface area contributed by atoms with E-state index < -0.39 is 0 Å². The van der Waals surface area contributed by atoms with Gasteiger partial charge in [0.15, 0.2) is 0 Å². The summed E-state index contributed by atoms with van der Waals surface area (Å²) in [6.45, 7) is 6.41. The van der Waals surface area contributed by atoms with Gasteiger partial charge in [-0.3, -0.25) is 4.79 Å². The minimum Gasteiger partial charge on any atom is -0.421 e. The lowest BCUT2D eigenvalue weighted by molar-refractivity contribution is -0.131. The maximum atomic E-state index is 12.2. The normalized spacial score (nSPS) is 12.6. The van der Waals surface area contributed by atoms with Crippen molar-refractivity contribution in [2.24, 2.45) is 5.92 Å². The number of nitrogens with zero attached hydrogens (tertiary/aromatic N) is 3. The van der Waals surface area contributed by atoms with Crippen molar-refractivity contribution in [3.8, 4) is 11.5 Å². The van der Waals surface area contributed by atoms with E-state index in [2.05, 4.69) is 31.0 Å². The Morgan fingerprint density at radius 2 is 2.14 bits per heavy atom. The van der Waals surface area contributed by atoms with Crippen LogP contribution in [0.25, 0.3) is 11.5 Å². The van der Waals surface area contributed by atoms with Crippen LogP contribution in [-0.4, -0.2) is 34.1 Å². The molecule has 0 bridgehead atoms. The van der Waals surface area contributed by atoms with Crippen LogP contribution in [0.5, 0.6) is 0 Å². The predicted octanol–water partition coefficient (Wildman–Crippen LogP) is 3.62. The highest BCUT2D eigenvalue weighted by atomic mass is 32.1. The molecule has 0 aromatic carbocycles. The van der Waals surface area contributed by atoms with E-state index in [9.17, 15) is 4.79 Å². The number of amides is 1. The van der Waals surface area contributed by atoms with Crippen LogP contribution >= 0.6 is 11.3 Å². The second-order valence-electron chi connectivity index (χ2n) is 6.00. The molecule has 0 fully saturated rings. The molecule has 6 heteroatoms. The monoisotopic (exact) mass is 321 g/mol. The van der Waals surface area contributed by atoms with Crippen LogP contribution in [0.3, 0.4) is 0 Å². The first kappa shape index (κ1) is 16.7. The van der Waals surface area contributed by atoms with Gasteiger partial charge in [0.1, 0.15) is 0 Å². The van der Waals surface area contributed by atoms with E-state index in [-0.39, 0.29) is 11.9 Å². The molecule has 0 aliphatic rings. The molecular formula is C16H23N3O2S. The summed E-state index contributed by atoms with van der Waals surface area (Å²) in [4.78, 5) is 14.0. The highest BCUT2D eigenvalue weighted by molar-refractivity contribution is 7.08. The quantitative estimate of drug-likeness (QED) is 0.781. The molecule has 0 spiro atoms. The van der Waals surface area contributed by atoms with Crippen molar-refractivity contribution in [2.75, 3.05) is 7.05 Å². The lowest BCUT2D eigenvalue weighted by Gasteiger charge is -2.26. The molecule has 0 radical (unpaired) electrons. The minimum absolute atomic E-state index is 0.114.